The molecule has 3 rings (SSSR count). The number of ether oxygens (including phenoxy) is 1. The van der Waals surface area contributed by atoms with Crippen molar-refractivity contribution < 1.29 is 18.4 Å². The van der Waals surface area contributed by atoms with E-state index < -0.39 is 5.97 Å². The van der Waals surface area contributed by atoms with Gasteiger partial charge in [-0.15, -0.1) is 16.8 Å². The highest BCUT2D eigenvalue weighted by Crippen LogP contribution is 2.27. The molecule has 0 saturated carbocycles. The minimum atomic E-state index is -0.499. The summed E-state index contributed by atoms with van der Waals surface area (Å²) >= 11 is 1.44. The lowest BCUT2D eigenvalue weighted by Crippen LogP contribution is -2.00. The molecule has 0 aliphatic heterocycles. The fourth-order valence-corrected chi connectivity index (χ4v) is 2.92. The van der Waals surface area contributed by atoms with Crippen LogP contribution in [0.4, 0.5) is 0 Å². The Balaban J connectivity index is 1.76. The number of rotatable bonds is 7. The molecule has 0 spiro atoms. The fraction of sp³-hybridized carbons (Fsp3) is 0.188. The number of furan rings is 2. The summed E-state index contributed by atoms with van der Waals surface area (Å²) < 4.78 is 17.4. The molecule has 0 unspecified atom stereocenters. The first kappa shape index (κ1) is 16.1. The Bertz CT molecular complexity index is 836. The van der Waals surface area contributed by atoms with Gasteiger partial charge < -0.3 is 13.6 Å². The third-order valence-corrected chi connectivity index (χ3v) is 4.15. The number of allylic oxidation sites excluding steroid dienone is 1. The molecule has 8 heteroatoms. The van der Waals surface area contributed by atoms with Gasteiger partial charge in [-0.25, -0.2) is 4.79 Å². The standard InChI is InChI=1S/C16H15N3O4S/c1-3-8-19-14(12-5-4-9-22-12)17-18-16(19)24-10-11-6-7-13(23-11)15(20)21-2/h3-7,9H,1,8,10H2,2H3. The van der Waals surface area contributed by atoms with E-state index in [1.165, 1.54) is 18.9 Å². The van der Waals surface area contributed by atoms with Gasteiger partial charge in [0.15, 0.2) is 10.9 Å². The zero-order valence-electron chi connectivity index (χ0n) is 13.0. The van der Waals surface area contributed by atoms with Crippen molar-refractivity contribution in [2.75, 3.05) is 7.11 Å². The van der Waals surface area contributed by atoms with Crippen LogP contribution in [0.3, 0.4) is 0 Å². The van der Waals surface area contributed by atoms with E-state index in [-0.39, 0.29) is 5.76 Å². The predicted molar refractivity (Wildman–Crippen MR) is 87.5 cm³/mol. The Labute approximate surface area is 142 Å². The lowest BCUT2D eigenvalue weighted by molar-refractivity contribution is 0.0563. The highest BCUT2D eigenvalue weighted by atomic mass is 32.2. The molecule has 0 fully saturated rings. The molecule has 0 N–H and O–H groups in total. The van der Waals surface area contributed by atoms with Gasteiger partial charge in [0, 0.05) is 6.54 Å². The maximum Gasteiger partial charge on any atom is 0.373 e. The second-order valence-electron chi connectivity index (χ2n) is 4.73. The first-order chi connectivity index (χ1) is 11.7. The van der Waals surface area contributed by atoms with Gasteiger partial charge in [-0.05, 0) is 24.3 Å². The van der Waals surface area contributed by atoms with Crippen LogP contribution in [-0.2, 0) is 17.0 Å². The number of hydrogen-bond donors (Lipinski definition) is 0. The monoisotopic (exact) mass is 345 g/mol. The van der Waals surface area contributed by atoms with Crippen LogP contribution in [0.15, 0.2) is 57.2 Å². The summed E-state index contributed by atoms with van der Waals surface area (Å²) in [6, 6.07) is 6.95. The molecule has 3 aromatic heterocycles. The SMILES string of the molecule is C=CCn1c(SCc2ccc(C(=O)OC)o2)nnc1-c1ccco1. The zero-order valence-corrected chi connectivity index (χ0v) is 13.8. The van der Waals surface area contributed by atoms with Crippen molar-refractivity contribution >= 4 is 17.7 Å². The van der Waals surface area contributed by atoms with Crippen molar-refractivity contribution in [2.24, 2.45) is 0 Å². The molecule has 0 atom stereocenters. The number of esters is 1. The Morgan fingerprint density at radius 3 is 3.00 bits per heavy atom. The van der Waals surface area contributed by atoms with E-state index in [9.17, 15) is 4.79 Å². The smallest absolute Gasteiger partial charge is 0.373 e. The average Bonchev–Trinajstić information content (AvgIpc) is 3.33. The van der Waals surface area contributed by atoms with E-state index in [0.717, 1.165) is 0 Å². The van der Waals surface area contributed by atoms with Crippen LogP contribution in [0.2, 0.25) is 0 Å². The maximum atomic E-state index is 11.4. The molecule has 3 aromatic rings. The molecule has 0 amide bonds. The second-order valence-corrected chi connectivity index (χ2v) is 5.67. The van der Waals surface area contributed by atoms with Crippen molar-refractivity contribution in [3.63, 3.8) is 0 Å². The number of thioether (sulfide) groups is 1. The number of hydrogen-bond acceptors (Lipinski definition) is 7. The first-order valence-electron chi connectivity index (χ1n) is 7.10. The van der Waals surface area contributed by atoms with Crippen LogP contribution in [0, 0.1) is 0 Å². The minimum absolute atomic E-state index is 0.178. The van der Waals surface area contributed by atoms with E-state index in [1.807, 2.05) is 10.6 Å². The van der Waals surface area contributed by atoms with Crippen LogP contribution in [0.5, 0.6) is 0 Å². The average molecular weight is 345 g/mol. The van der Waals surface area contributed by atoms with Gasteiger partial charge in [0.2, 0.25) is 11.6 Å². The Morgan fingerprint density at radius 1 is 1.42 bits per heavy atom. The number of nitrogens with zero attached hydrogens (tertiary/aromatic N) is 3. The molecular weight excluding hydrogens is 330 g/mol. The summed E-state index contributed by atoms with van der Waals surface area (Å²) in [4.78, 5) is 11.4. The van der Waals surface area contributed by atoms with E-state index in [4.69, 9.17) is 8.83 Å². The number of carbonyl (C=O) groups is 1. The Morgan fingerprint density at radius 2 is 2.29 bits per heavy atom. The molecule has 0 aliphatic rings. The second kappa shape index (κ2) is 7.22. The normalized spacial score (nSPS) is 10.7. The Kier molecular flexibility index (Phi) is 4.85. The summed E-state index contributed by atoms with van der Waals surface area (Å²) in [5, 5.41) is 9.09. The summed E-state index contributed by atoms with van der Waals surface area (Å²) in [5.74, 6) is 2.11. The number of carbonyl (C=O) groups excluding carboxylic acids is 1. The van der Waals surface area contributed by atoms with Crippen LogP contribution in [-0.4, -0.2) is 27.8 Å². The molecule has 0 aromatic carbocycles. The predicted octanol–water partition coefficient (Wildman–Crippen LogP) is 3.40. The number of methoxy groups -OCH3 is 1. The molecular formula is C16H15N3O4S. The largest absolute Gasteiger partial charge is 0.463 e. The van der Waals surface area contributed by atoms with Gasteiger partial charge in [-0.2, -0.15) is 0 Å². The van der Waals surface area contributed by atoms with Gasteiger partial charge >= 0.3 is 5.97 Å². The summed E-state index contributed by atoms with van der Waals surface area (Å²) in [7, 11) is 1.31. The van der Waals surface area contributed by atoms with Crippen LogP contribution in [0.1, 0.15) is 16.3 Å². The van der Waals surface area contributed by atoms with Crippen molar-refractivity contribution in [2.45, 2.75) is 17.5 Å². The summed E-state index contributed by atoms with van der Waals surface area (Å²) in [6.07, 6.45) is 3.36. The van der Waals surface area contributed by atoms with Crippen LogP contribution < -0.4 is 0 Å². The highest BCUT2D eigenvalue weighted by molar-refractivity contribution is 7.98. The summed E-state index contributed by atoms with van der Waals surface area (Å²) in [6.45, 7) is 4.32. The maximum absolute atomic E-state index is 11.4. The van der Waals surface area contributed by atoms with Gasteiger partial charge in [0.1, 0.15) is 5.76 Å². The third-order valence-electron chi connectivity index (χ3n) is 3.16. The molecule has 124 valence electrons. The molecule has 3 heterocycles. The van der Waals surface area contributed by atoms with E-state index in [0.29, 0.717) is 34.8 Å². The topological polar surface area (TPSA) is 83.3 Å². The van der Waals surface area contributed by atoms with Gasteiger partial charge in [0.25, 0.3) is 0 Å². The third kappa shape index (κ3) is 3.28. The lowest BCUT2D eigenvalue weighted by Gasteiger charge is -2.05. The molecule has 0 saturated heterocycles. The van der Waals surface area contributed by atoms with Gasteiger partial charge in [-0.3, -0.25) is 4.57 Å². The van der Waals surface area contributed by atoms with Crippen molar-refractivity contribution in [3.05, 3.63) is 54.7 Å². The fourth-order valence-electron chi connectivity index (χ4n) is 2.08. The zero-order chi connectivity index (χ0) is 16.9. The van der Waals surface area contributed by atoms with E-state index in [1.54, 1.807) is 30.5 Å². The highest BCUT2D eigenvalue weighted by Gasteiger charge is 2.17. The van der Waals surface area contributed by atoms with E-state index in [2.05, 4.69) is 21.5 Å². The van der Waals surface area contributed by atoms with Crippen molar-refractivity contribution in [1.29, 1.82) is 0 Å². The summed E-state index contributed by atoms with van der Waals surface area (Å²) in [5.41, 5.74) is 0. The van der Waals surface area contributed by atoms with E-state index >= 15 is 0 Å². The van der Waals surface area contributed by atoms with Gasteiger partial charge in [0.05, 0.1) is 19.1 Å². The molecule has 0 radical (unpaired) electrons. The Hall–Kier alpha value is -2.74. The molecule has 0 bridgehead atoms. The van der Waals surface area contributed by atoms with Gasteiger partial charge in [-0.1, -0.05) is 17.8 Å². The molecule has 7 nitrogen and oxygen atoms in total. The molecule has 24 heavy (non-hydrogen) atoms. The van der Waals surface area contributed by atoms with Crippen molar-refractivity contribution in [1.82, 2.24) is 14.8 Å². The first-order valence-corrected chi connectivity index (χ1v) is 8.09. The van der Waals surface area contributed by atoms with Crippen LogP contribution >= 0.6 is 11.8 Å². The quantitative estimate of drug-likeness (QED) is 0.369. The van der Waals surface area contributed by atoms with Crippen molar-refractivity contribution in [3.8, 4) is 11.6 Å². The number of aromatic nitrogens is 3. The lowest BCUT2D eigenvalue weighted by atomic mass is 10.4. The van der Waals surface area contributed by atoms with Crippen LogP contribution in [0.25, 0.3) is 11.6 Å². The molecule has 0 aliphatic carbocycles. The minimum Gasteiger partial charge on any atom is -0.463 e.